The molecule has 0 aliphatic carbocycles. The van der Waals surface area contributed by atoms with Crippen molar-refractivity contribution >= 4 is 48.9 Å². The second kappa shape index (κ2) is 6.29. The zero-order chi connectivity index (χ0) is 14.0. The minimum absolute atomic E-state index is 0.241. The molecule has 1 aromatic carbocycles. The van der Waals surface area contributed by atoms with E-state index in [1.807, 2.05) is 6.07 Å². The van der Waals surface area contributed by atoms with Crippen LogP contribution >= 0.6 is 43.2 Å². The van der Waals surface area contributed by atoms with E-state index in [2.05, 4.69) is 69.2 Å². The molecule has 0 bridgehead atoms. The first-order chi connectivity index (χ1) is 9.01. The van der Waals surface area contributed by atoms with Crippen LogP contribution in [0.4, 0.5) is 5.69 Å². The molecule has 19 heavy (non-hydrogen) atoms. The van der Waals surface area contributed by atoms with Gasteiger partial charge < -0.3 is 10.1 Å². The molecule has 0 spiro atoms. The predicted octanol–water partition coefficient (Wildman–Crippen LogP) is 5.76. The van der Waals surface area contributed by atoms with E-state index in [9.17, 15) is 0 Å². The Hall–Kier alpha value is -0.520. The fraction of sp³-hybridized carbons (Fsp3) is 0.286. The summed E-state index contributed by atoms with van der Waals surface area (Å²) in [6.07, 6.45) is 0. The summed E-state index contributed by atoms with van der Waals surface area (Å²) >= 11 is 8.73. The molecule has 0 saturated carbocycles. The average Bonchev–Trinajstić information content (AvgIpc) is 2.78. The van der Waals surface area contributed by atoms with E-state index in [1.54, 1.807) is 18.4 Å². The van der Waals surface area contributed by atoms with Crippen LogP contribution in [0.15, 0.2) is 32.5 Å². The fourth-order valence-electron chi connectivity index (χ4n) is 1.91. The molecule has 0 saturated heterocycles. The van der Waals surface area contributed by atoms with Gasteiger partial charge in [-0.05, 0) is 59.6 Å². The number of methoxy groups -OCH3 is 1. The molecule has 0 aliphatic rings. The molecule has 0 fully saturated rings. The number of benzene rings is 1. The van der Waals surface area contributed by atoms with Crippen LogP contribution in [-0.4, -0.2) is 7.11 Å². The topological polar surface area (TPSA) is 21.3 Å². The summed E-state index contributed by atoms with van der Waals surface area (Å²) in [6.45, 7) is 4.23. The maximum atomic E-state index is 5.45. The summed E-state index contributed by atoms with van der Waals surface area (Å²) in [5.74, 6) is 0.856. The summed E-state index contributed by atoms with van der Waals surface area (Å²) in [5.41, 5.74) is 2.21. The van der Waals surface area contributed by atoms with Crippen LogP contribution in [0.25, 0.3) is 0 Å². The molecule has 2 nitrogen and oxygen atoms in total. The average molecular weight is 405 g/mol. The zero-order valence-electron chi connectivity index (χ0n) is 11.0. The SMILES string of the molecule is COc1cc(Br)cc(C)c1NC(C)c1ccc(Br)s1. The summed E-state index contributed by atoms with van der Waals surface area (Å²) in [4.78, 5) is 1.29. The molecule has 0 radical (unpaired) electrons. The normalized spacial score (nSPS) is 12.3. The third kappa shape index (κ3) is 3.52. The standard InChI is InChI=1S/C14H15Br2NOS/c1-8-6-10(15)7-11(18-3)14(8)17-9(2)12-4-5-13(16)19-12/h4-7,9,17H,1-3H3. The lowest BCUT2D eigenvalue weighted by Crippen LogP contribution is -2.07. The van der Waals surface area contributed by atoms with Gasteiger partial charge in [-0.1, -0.05) is 15.9 Å². The first kappa shape index (κ1) is 14.9. The number of aryl methyl sites for hydroxylation is 1. The lowest BCUT2D eigenvalue weighted by Gasteiger charge is -2.19. The van der Waals surface area contributed by atoms with E-state index in [0.717, 1.165) is 25.3 Å². The molecule has 0 aliphatic heterocycles. The van der Waals surface area contributed by atoms with Crippen LogP contribution in [0.5, 0.6) is 5.75 Å². The van der Waals surface area contributed by atoms with Crippen molar-refractivity contribution in [1.82, 2.24) is 0 Å². The van der Waals surface area contributed by atoms with Crippen molar-refractivity contribution in [3.8, 4) is 5.75 Å². The van der Waals surface area contributed by atoms with E-state index in [0.29, 0.717) is 0 Å². The van der Waals surface area contributed by atoms with Crippen LogP contribution in [-0.2, 0) is 0 Å². The summed E-state index contributed by atoms with van der Waals surface area (Å²) in [7, 11) is 1.69. The maximum Gasteiger partial charge on any atom is 0.143 e. The van der Waals surface area contributed by atoms with Gasteiger partial charge in [0.2, 0.25) is 0 Å². The molecular weight excluding hydrogens is 390 g/mol. The van der Waals surface area contributed by atoms with Crippen LogP contribution in [0.2, 0.25) is 0 Å². The Kier molecular flexibility index (Phi) is 4.92. The van der Waals surface area contributed by atoms with Gasteiger partial charge in [0.1, 0.15) is 5.75 Å². The van der Waals surface area contributed by atoms with Crippen molar-refractivity contribution in [2.24, 2.45) is 0 Å². The third-order valence-electron chi connectivity index (χ3n) is 2.87. The highest BCUT2D eigenvalue weighted by Crippen LogP contribution is 2.36. The Morgan fingerprint density at radius 3 is 2.58 bits per heavy atom. The third-order valence-corrected chi connectivity index (χ3v) is 5.13. The molecule has 2 aromatic rings. The monoisotopic (exact) mass is 403 g/mol. The highest BCUT2D eigenvalue weighted by atomic mass is 79.9. The summed E-state index contributed by atoms with van der Waals surface area (Å²) < 4.78 is 7.63. The second-order valence-corrected chi connectivity index (χ2v) is 7.72. The summed E-state index contributed by atoms with van der Waals surface area (Å²) in [6, 6.07) is 8.51. The van der Waals surface area contributed by atoms with Crippen LogP contribution in [0.1, 0.15) is 23.4 Å². The maximum absolute atomic E-state index is 5.45. The fourth-order valence-corrected chi connectivity index (χ4v) is 3.88. The molecule has 1 unspecified atom stereocenters. The number of anilines is 1. The van der Waals surface area contributed by atoms with Crippen LogP contribution in [0, 0.1) is 6.92 Å². The van der Waals surface area contributed by atoms with Gasteiger partial charge in [0.15, 0.2) is 0 Å². The Morgan fingerprint density at radius 1 is 1.26 bits per heavy atom. The van der Waals surface area contributed by atoms with Crippen molar-refractivity contribution < 1.29 is 4.74 Å². The van der Waals surface area contributed by atoms with Crippen molar-refractivity contribution in [1.29, 1.82) is 0 Å². The molecule has 1 atom stereocenters. The molecule has 0 amide bonds. The Labute approximate surface area is 134 Å². The molecular formula is C14H15Br2NOS. The van der Waals surface area contributed by atoms with Gasteiger partial charge in [-0.3, -0.25) is 0 Å². The lowest BCUT2D eigenvalue weighted by atomic mass is 10.1. The second-order valence-electron chi connectivity index (χ2n) is 4.31. The van der Waals surface area contributed by atoms with Gasteiger partial charge in [-0.25, -0.2) is 0 Å². The molecule has 1 heterocycles. The van der Waals surface area contributed by atoms with Crippen molar-refractivity contribution in [2.45, 2.75) is 19.9 Å². The smallest absolute Gasteiger partial charge is 0.143 e. The van der Waals surface area contributed by atoms with Gasteiger partial charge in [0, 0.05) is 9.35 Å². The predicted molar refractivity (Wildman–Crippen MR) is 89.5 cm³/mol. The van der Waals surface area contributed by atoms with Crippen LogP contribution in [0.3, 0.4) is 0 Å². The Balaban J connectivity index is 2.28. The first-order valence-corrected chi connectivity index (χ1v) is 8.27. The van der Waals surface area contributed by atoms with Crippen molar-refractivity contribution in [2.75, 3.05) is 12.4 Å². The number of hydrogen-bond donors (Lipinski definition) is 1. The van der Waals surface area contributed by atoms with E-state index in [-0.39, 0.29) is 6.04 Å². The van der Waals surface area contributed by atoms with E-state index in [1.165, 1.54) is 4.88 Å². The quantitative estimate of drug-likeness (QED) is 0.698. The first-order valence-electron chi connectivity index (χ1n) is 5.87. The number of halogens is 2. The van der Waals surface area contributed by atoms with Crippen LogP contribution < -0.4 is 10.1 Å². The number of thiophene rings is 1. The van der Waals surface area contributed by atoms with Gasteiger partial charge >= 0.3 is 0 Å². The Bertz CT molecular complexity index is 583. The van der Waals surface area contributed by atoms with Gasteiger partial charge in [0.05, 0.1) is 22.6 Å². The molecule has 2 rings (SSSR count). The molecule has 1 N–H and O–H groups in total. The molecule has 5 heteroatoms. The highest BCUT2D eigenvalue weighted by molar-refractivity contribution is 9.11. The van der Waals surface area contributed by atoms with Crippen molar-refractivity contribution in [3.63, 3.8) is 0 Å². The summed E-state index contributed by atoms with van der Waals surface area (Å²) in [5, 5.41) is 3.53. The van der Waals surface area contributed by atoms with Gasteiger partial charge in [-0.2, -0.15) is 0 Å². The van der Waals surface area contributed by atoms with Crippen molar-refractivity contribution in [3.05, 3.63) is 43.0 Å². The van der Waals surface area contributed by atoms with Gasteiger partial charge in [0.25, 0.3) is 0 Å². The minimum atomic E-state index is 0.241. The largest absolute Gasteiger partial charge is 0.495 e. The van der Waals surface area contributed by atoms with E-state index in [4.69, 9.17) is 4.74 Å². The highest BCUT2D eigenvalue weighted by Gasteiger charge is 2.13. The Morgan fingerprint density at radius 2 is 2.00 bits per heavy atom. The molecule has 1 aromatic heterocycles. The minimum Gasteiger partial charge on any atom is -0.495 e. The lowest BCUT2D eigenvalue weighted by molar-refractivity contribution is 0.415. The zero-order valence-corrected chi connectivity index (χ0v) is 14.9. The number of rotatable bonds is 4. The van der Waals surface area contributed by atoms with E-state index >= 15 is 0 Å². The number of nitrogens with one attached hydrogen (secondary N) is 1. The number of hydrogen-bond acceptors (Lipinski definition) is 3. The van der Waals surface area contributed by atoms with E-state index < -0.39 is 0 Å². The number of ether oxygens (including phenoxy) is 1. The van der Waals surface area contributed by atoms with Gasteiger partial charge in [-0.15, -0.1) is 11.3 Å². The molecule has 102 valence electrons.